The Labute approximate surface area is 130 Å². The lowest BCUT2D eigenvalue weighted by Gasteiger charge is -2.33. The summed E-state index contributed by atoms with van der Waals surface area (Å²) in [5.41, 5.74) is 3.78. The predicted molar refractivity (Wildman–Crippen MR) is 87.3 cm³/mol. The number of carbonyl (C=O) groups is 1. The Morgan fingerprint density at radius 2 is 1.73 bits per heavy atom. The minimum Gasteiger partial charge on any atom is -0.458 e. The van der Waals surface area contributed by atoms with Crippen molar-refractivity contribution in [3.05, 3.63) is 48.0 Å². The molecule has 0 aromatic heterocycles. The van der Waals surface area contributed by atoms with Gasteiger partial charge in [0.05, 0.1) is 0 Å². The summed E-state index contributed by atoms with van der Waals surface area (Å²) >= 11 is 0. The van der Waals surface area contributed by atoms with E-state index in [0.29, 0.717) is 5.56 Å². The fourth-order valence-electron chi connectivity index (χ4n) is 2.35. The number of aliphatic hydroxyl groups is 1. The van der Waals surface area contributed by atoms with Gasteiger partial charge in [-0.05, 0) is 50.1 Å². The first kappa shape index (κ1) is 16.5. The maximum Gasteiger partial charge on any atom is 0.345 e. The van der Waals surface area contributed by atoms with E-state index in [2.05, 4.69) is 0 Å². The van der Waals surface area contributed by atoms with Gasteiger partial charge in [-0.1, -0.05) is 36.4 Å². The second-order valence-corrected chi connectivity index (χ2v) is 6.62. The Kier molecular flexibility index (Phi) is 4.27. The molecule has 0 aliphatic heterocycles. The monoisotopic (exact) mass is 301 g/mol. The highest BCUT2D eigenvalue weighted by Crippen LogP contribution is 2.30. The third-order valence-corrected chi connectivity index (χ3v) is 3.56. The van der Waals surface area contributed by atoms with Gasteiger partial charge in [0.1, 0.15) is 5.60 Å². The first-order chi connectivity index (χ1) is 10.1. The topological polar surface area (TPSA) is 72.5 Å². The molecule has 118 valence electrons. The normalized spacial score (nSPS) is 16.1. The number of esters is 1. The van der Waals surface area contributed by atoms with Gasteiger partial charge in [0, 0.05) is 6.04 Å². The number of nitrogens with two attached hydrogens (primary N) is 1. The minimum absolute atomic E-state index is 0.440. The van der Waals surface area contributed by atoms with Gasteiger partial charge in [-0.15, -0.1) is 0 Å². The molecule has 0 aliphatic carbocycles. The molecular weight excluding hydrogens is 278 g/mol. The first-order valence-corrected chi connectivity index (χ1v) is 7.35. The summed E-state index contributed by atoms with van der Waals surface area (Å²) in [7, 11) is 0. The van der Waals surface area contributed by atoms with Crippen molar-refractivity contribution in [2.75, 3.05) is 0 Å². The highest BCUT2D eigenvalue weighted by Gasteiger charge is 2.45. The smallest absolute Gasteiger partial charge is 0.345 e. The number of carbonyl (C=O) groups excluding carboxylic acids is 1. The Hall–Kier alpha value is -1.91. The van der Waals surface area contributed by atoms with Gasteiger partial charge < -0.3 is 15.6 Å². The molecule has 0 heterocycles. The maximum atomic E-state index is 12.5. The zero-order valence-corrected chi connectivity index (χ0v) is 13.5. The van der Waals surface area contributed by atoms with Gasteiger partial charge in [0.15, 0.2) is 0 Å². The zero-order valence-electron chi connectivity index (χ0n) is 13.5. The van der Waals surface area contributed by atoms with Crippen LogP contribution in [-0.4, -0.2) is 22.7 Å². The van der Waals surface area contributed by atoms with Crippen LogP contribution in [-0.2, 0) is 15.1 Å². The molecule has 0 amide bonds. The van der Waals surface area contributed by atoms with Gasteiger partial charge in [0.2, 0.25) is 5.60 Å². The summed E-state index contributed by atoms with van der Waals surface area (Å²) in [6, 6.07) is 12.3. The van der Waals surface area contributed by atoms with Crippen LogP contribution in [0.4, 0.5) is 0 Å². The van der Waals surface area contributed by atoms with E-state index in [-0.39, 0.29) is 0 Å². The van der Waals surface area contributed by atoms with Crippen molar-refractivity contribution in [2.45, 2.75) is 44.9 Å². The average molecular weight is 301 g/mol. The molecule has 0 fully saturated rings. The van der Waals surface area contributed by atoms with Gasteiger partial charge in [-0.25, -0.2) is 4.79 Å². The van der Waals surface area contributed by atoms with E-state index in [9.17, 15) is 9.90 Å². The molecule has 0 radical (unpaired) electrons. The van der Waals surface area contributed by atoms with Crippen LogP contribution in [0.5, 0.6) is 0 Å². The summed E-state index contributed by atoms with van der Waals surface area (Å²) in [4.78, 5) is 12.5. The van der Waals surface area contributed by atoms with Crippen LogP contribution in [0.15, 0.2) is 42.5 Å². The van der Waals surface area contributed by atoms with E-state index in [1.54, 1.807) is 39.8 Å². The summed E-state index contributed by atoms with van der Waals surface area (Å²) < 4.78 is 5.36. The number of rotatable bonds is 3. The molecular formula is C18H23NO3. The van der Waals surface area contributed by atoms with E-state index in [4.69, 9.17) is 10.5 Å². The van der Waals surface area contributed by atoms with E-state index in [0.717, 1.165) is 10.8 Å². The standard InChI is InChI=1S/C18H23NO3/c1-12(19)18(21,16(20)22-17(2,3)4)15-10-9-13-7-5-6-8-14(13)11-15/h5-12,21H,19H2,1-4H3/t12-,18?/m0/s1. The lowest BCUT2D eigenvalue weighted by Crippen LogP contribution is -2.52. The zero-order chi connectivity index (χ0) is 16.5. The van der Waals surface area contributed by atoms with Gasteiger partial charge in [-0.2, -0.15) is 0 Å². The maximum absolute atomic E-state index is 12.5. The second-order valence-electron chi connectivity index (χ2n) is 6.62. The molecule has 0 aliphatic rings. The highest BCUT2D eigenvalue weighted by atomic mass is 16.6. The van der Waals surface area contributed by atoms with Crippen molar-refractivity contribution in [1.29, 1.82) is 0 Å². The Morgan fingerprint density at radius 3 is 2.27 bits per heavy atom. The van der Waals surface area contributed by atoms with Crippen molar-refractivity contribution in [3.8, 4) is 0 Å². The largest absolute Gasteiger partial charge is 0.458 e. The molecule has 4 nitrogen and oxygen atoms in total. The molecule has 1 unspecified atom stereocenters. The fraction of sp³-hybridized carbons (Fsp3) is 0.389. The van der Waals surface area contributed by atoms with Crippen molar-refractivity contribution < 1.29 is 14.6 Å². The Morgan fingerprint density at radius 1 is 1.14 bits per heavy atom. The molecule has 0 bridgehead atoms. The van der Waals surface area contributed by atoms with Crippen LogP contribution >= 0.6 is 0 Å². The molecule has 0 spiro atoms. The summed E-state index contributed by atoms with van der Waals surface area (Å²) in [6.45, 7) is 6.87. The number of fused-ring (bicyclic) bond motifs is 1. The molecule has 2 rings (SSSR count). The van der Waals surface area contributed by atoms with Crippen molar-refractivity contribution in [2.24, 2.45) is 5.73 Å². The van der Waals surface area contributed by atoms with E-state index >= 15 is 0 Å². The van der Waals surface area contributed by atoms with Crippen molar-refractivity contribution in [3.63, 3.8) is 0 Å². The lowest BCUT2D eigenvalue weighted by molar-refractivity contribution is -0.180. The molecule has 22 heavy (non-hydrogen) atoms. The van der Waals surface area contributed by atoms with Gasteiger partial charge in [-0.3, -0.25) is 0 Å². The van der Waals surface area contributed by atoms with Crippen molar-refractivity contribution >= 4 is 16.7 Å². The van der Waals surface area contributed by atoms with Crippen LogP contribution in [0.3, 0.4) is 0 Å². The molecule has 2 aromatic rings. The fourth-order valence-corrected chi connectivity index (χ4v) is 2.35. The molecule has 4 heteroatoms. The SMILES string of the molecule is C[C@H](N)C(O)(C(=O)OC(C)(C)C)c1ccc2ccccc2c1. The van der Waals surface area contributed by atoms with Crippen LogP contribution in [0, 0.1) is 0 Å². The minimum atomic E-state index is -1.88. The molecule has 0 saturated heterocycles. The average Bonchev–Trinajstić information content (AvgIpc) is 2.43. The number of hydrogen-bond donors (Lipinski definition) is 2. The molecule has 3 N–H and O–H groups in total. The molecule has 2 atom stereocenters. The summed E-state index contributed by atoms with van der Waals surface area (Å²) in [5, 5.41) is 12.9. The molecule has 0 saturated carbocycles. The van der Waals surface area contributed by atoms with Crippen LogP contribution < -0.4 is 5.73 Å². The number of benzene rings is 2. The quantitative estimate of drug-likeness (QED) is 0.855. The summed E-state index contributed by atoms with van der Waals surface area (Å²) in [5.74, 6) is -0.731. The second kappa shape index (κ2) is 5.71. The Balaban J connectivity index is 2.51. The summed E-state index contributed by atoms with van der Waals surface area (Å²) in [6.07, 6.45) is 0. The van der Waals surface area contributed by atoms with E-state index in [1.807, 2.05) is 30.3 Å². The first-order valence-electron chi connectivity index (χ1n) is 7.35. The van der Waals surface area contributed by atoms with Crippen LogP contribution in [0.25, 0.3) is 10.8 Å². The van der Waals surface area contributed by atoms with Crippen LogP contribution in [0.2, 0.25) is 0 Å². The van der Waals surface area contributed by atoms with Gasteiger partial charge in [0.25, 0.3) is 0 Å². The van der Waals surface area contributed by atoms with E-state index in [1.165, 1.54) is 0 Å². The van der Waals surface area contributed by atoms with Gasteiger partial charge >= 0.3 is 5.97 Å². The van der Waals surface area contributed by atoms with Crippen molar-refractivity contribution in [1.82, 2.24) is 0 Å². The Bertz CT molecular complexity index is 688. The van der Waals surface area contributed by atoms with Crippen LogP contribution in [0.1, 0.15) is 33.3 Å². The number of ether oxygens (including phenoxy) is 1. The third kappa shape index (κ3) is 3.13. The lowest BCUT2D eigenvalue weighted by atomic mass is 9.86. The van der Waals surface area contributed by atoms with E-state index < -0.39 is 23.2 Å². The third-order valence-electron chi connectivity index (χ3n) is 3.56. The predicted octanol–water partition coefficient (Wildman–Crippen LogP) is 2.72. The number of hydrogen-bond acceptors (Lipinski definition) is 4. The molecule has 2 aromatic carbocycles. The highest BCUT2D eigenvalue weighted by molar-refractivity contribution is 5.87.